The van der Waals surface area contributed by atoms with Crippen molar-refractivity contribution in [3.05, 3.63) is 71.8 Å². The maximum absolute atomic E-state index is 12.9. The minimum Gasteiger partial charge on any atom is -0.462 e. The Kier molecular flexibility index (Phi) is 9.68. The van der Waals surface area contributed by atoms with Crippen LogP contribution in [0.1, 0.15) is 62.0 Å². The van der Waals surface area contributed by atoms with Crippen LogP contribution in [-0.2, 0) is 14.3 Å². The molecule has 2 aliphatic heterocycles. The van der Waals surface area contributed by atoms with Gasteiger partial charge in [0, 0.05) is 12.1 Å². The lowest BCUT2D eigenvalue weighted by Crippen LogP contribution is -2.43. The second-order valence-electron chi connectivity index (χ2n) is 9.62. The monoisotopic (exact) mass is 505 g/mol. The molecule has 2 heterocycles. The number of hydrogen-bond donors (Lipinski definition) is 1. The summed E-state index contributed by atoms with van der Waals surface area (Å²) in [7, 11) is 2.07. The largest absolute Gasteiger partial charge is 0.462 e. The topological polar surface area (TPSA) is 66.8 Å². The molecular formula is C28H34F3NO4. The second kappa shape index (κ2) is 12.5. The summed E-state index contributed by atoms with van der Waals surface area (Å²) in [6.07, 6.45) is -2.30. The highest BCUT2D eigenvalue weighted by molar-refractivity contribution is 5.83. The van der Waals surface area contributed by atoms with Gasteiger partial charge in [-0.25, -0.2) is 0 Å². The molecule has 5 atom stereocenters. The molecule has 0 saturated carbocycles. The van der Waals surface area contributed by atoms with E-state index in [1.807, 2.05) is 30.3 Å². The first kappa shape index (κ1) is 27.9. The van der Waals surface area contributed by atoms with Crippen LogP contribution in [-0.4, -0.2) is 59.8 Å². The summed E-state index contributed by atoms with van der Waals surface area (Å²) >= 11 is 0. The van der Waals surface area contributed by atoms with Crippen LogP contribution in [0.5, 0.6) is 0 Å². The lowest BCUT2D eigenvalue weighted by Gasteiger charge is -2.36. The average Bonchev–Trinajstić information content (AvgIpc) is 3.04. The molecule has 36 heavy (non-hydrogen) atoms. The van der Waals surface area contributed by atoms with Gasteiger partial charge in [-0.3, -0.25) is 9.59 Å². The van der Waals surface area contributed by atoms with Crippen molar-refractivity contribution in [2.75, 3.05) is 13.7 Å². The fourth-order valence-electron chi connectivity index (χ4n) is 5.11. The average molecular weight is 506 g/mol. The predicted molar refractivity (Wildman–Crippen MR) is 130 cm³/mol. The fourth-order valence-corrected chi connectivity index (χ4v) is 5.11. The third-order valence-corrected chi connectivity index (χ3v) is 7.14. The highest BCUT2D eigenvalue weighted by atomic mass is 19.4. The number of benzene rings is 2. The Morgan fingerprint density at radius 3 is 1.83 bits per heavy atom. The number of rotatable bonds is 7. The van der Waals surface area contributed by atoms with E-state index in [0.29, 0.717) is 30.5 Å². The van der Waals surface area contributed by atoms with E-state index in [2.05, 4.69) is 11.9 Å². The molecule has 2 fully saturated rings. The van der Waals surface area contributed by atoms with Crippen molar-refractivity contribution in [3.63, 3.8) is 0 Å². The first-order valence-corrected chi connectivity index (χ1v) is 12.3. The number of halogens is 3. The minimum absolute atomic E-state index is 0.00343. The van der Waals surface area contributed by atoms with E-state index in [0.717, 1.165) is 18.4 Å². The van der Waals surface area contributed by atoms with E-state index in [9.17, 15) is 22.8 Å². The molecule has 2 aromatic rings. The lowest BCUT2D eigenvalue weighted by molar-refractivity contribution is -0.167. The number of ether oxygens (including phenoxy) is 1. The van der Waals surface area contributed by atoms with E-state index in [1.54, 1.807) is 30.3 Å². The molecule has 5 nitrogen and oxygen atoms in total. The van der Waals surface area contributed by atoms with Crippen molar-refractivity contribution in [1.29, 1.82) is 0 Å². The minimum atomic E-state index is -4.41. The van der Waals surface area contributed by atoms with Crippen LogP contribution < -0.4 is 0 Å². The van der Waals surface area contributed by atoms with Crippen LogP contribution in [0.2, 0.25) is 0 Å². The Bertz CT molecular complexity index is 969. The van der Waals surface area contributed by atoms with Crippen molar-refractivity contribution in [1.82, 2.24) is 4.90 Å². The maximum atomic E-state index is 12.9. The smallest absolute Gasteiger partial charge is 0.390 e. The molecular weight excluding hydrogens is 471 g/mol. The van der Waals surface area contributed by atoms with Crippen LogP contribution in [0.3, 0.4) is 0 Å². The number of ketones is 1. The number of carbonyl (C=O) groups excluding carboxylic acids is 2. The SMILES string of the molecule is CC(=O)C(CO)c1ccccc1.CN1[C@@H]2CC[C@H]1CC(OC(=O)C(CC(F)(F)F)c1ccccc1)C2. The molecule has 0 spiro atoms. The highest BCUT2D eigenvalue weighted by Gasteiger charge is 2.42. The first-order valence-electron chi connectivity index (χ1n) is 12.3. The van der Waals surface area contributed by atoms with Gasteiger partial charge >= 0.3 is 12.1 Å². The summed E-state index contributed by atoms with van der Waals surface area (Å²) in [5.41, 5.74) is 1.24. The van der Waals surface area contributed by atoms with Crippen LogP contribution in [0.4, 0.5) is 13.2 Å². The van der Waals surface area contributed by atoms with Crippen LogP contribution in [0, 0.1) is 0 Å². The van der Waals surface area contributed by atoms with Gasteiger partial charge in [0.15, 0.2) is 0 Å². The van der Waals surface area contributed by atoms with Gasteiger partial charge in [0.2, 0.25) is 0 Å². The summed E-state index contributed by atoms with van der Waals surface area (Å²) in [4.78, 5) is 25.8. The van der Waals surface area contributed by atoms with Gasteiger partial charge in [-0.15, -0.1) is 0 Å². The number of hydrogen-bond acceptors (Lipinski definition) is 5. The highest BCUT2D eigenvalue weighted by Crippen LogP contribution is 2.37. The van der Waals surface area contributed by atoms with Gasteiger partial charge < -0.3 is 14.7 Å². The van der Waals surface area contributed by atoms with Crippen molar-refractivity contribution >= 4 is 11.8 Å². The number of carbonyl (C=O) groups is 2. The number of aliphatic hydroxyl groups is 1. The van der Waals surface area contributed by atoms with Crippen molar-refractivity contribution in [2.24, 2.45) is 0 Å². The third-order valence-electron chi connectivity index (χ3n) is 7.14. The third kappa shape index (κ3) is 7.64. The van der Waals surface area contributed by atoms with Crippen LogP contribution in [0.15, 0.2) is 60.7 Å². The Hall–Kier alpha value is -2.71. The van der Waals surface area contributed by atoms with Crippen LogP contribution in [0.25, 0.3) is 0 Å². The van der Waals surface area contributed by atoms with Gasteiger partial charge in [0.1, 0.15) is 11.9 Å². The Morgan fingerprint density at radius 2 is 1.42 bits per heavy atom. The number of nitrogens with zero attached hydrogens (tertiary/aromatic N) is 1. The molecule has 0 radical (unpaired) electrons. The number of aliphatic hydroxyl groups excluding tert-OH is 1. The van der Waals surface area contributed by atoms with Gasteiger partial charge in [0.25, 0.3) is 0 Å². The normalized spacial score (nSPS) is 23.2. The van der Waals surface area contributed by atoms with Crippen molar-refractivity contribution < 1.29 is 32.6 Å². The lowest BCUT2D eigenvalue weighted by atomic mass is 9.95. The van der Waals surface area contributed by atoms with Gasteiger partial charge in [-0.05, 0) is 50.8 Å². The van der Waals surface area contributed by atoms with Crippen LogP contribution >= 0.6 is 0 Å². The van der Waals surface area contributed by atoms with E-state index in [4.69, 9.17) is 9.84 Å². The zero-order valence-corrected chi connectivity index (χ0v) is 20.7. The molecule has 0 amide bonds. The number of Topliss-reactive ketones (excluding diaryl/α,β-unsaturated/α-hetero) is 1. The number of esters is 1. The summed E-state index contributed by atoms with van der Waals surface area (Å²) in [6.45, 7) is 1.38. The molecule has 0 aromatic heterocycles. The Labute approximate surface area is 210 Å². The predicted octanol–water partition coefficient (Wildman–Crippen LogP) is 5.24. The second-order valence-corrected chi connectivity index (χ2v) is 9.62. The first-order chi connectivity index (χ1) is 17.1. The zero-order valence-electron chi connectivity index (χ0n) is 20.7. The Morgan fingerprint density at radius 1 is 0.944 bits per heavy atom. The van der Waals surface area contributed by atoms with E-state index < -0.39 is 24.5 Å². The fraction of sp³-hybridized carbons (Fsp3) is 0.500. The molecule has 8 heteroatoms. The number of fused-ring (bicyclic) bond motifs is 2. The molecule has 2 aliphatic rings. The van der Waals surface area contributed by atoms with E-state index >= 15 is 0 Å². The van der Waals surface area contributed by atoms with Gasteiger partial charge in [0.05, 0.1) is 24.9 Å². The number of piperidine rings is 1. The van der Waals surface area contributed by atoms with E-state index in [1.165, 1.54) is 6.92 Å². The maximum Gasteiger partial charge on any atom is 0.390 e. The Balaban J connectivity index is 0.000000253. The van der Waals surface area contributed by atoms with E-state index in [-0.39, 0.29) is 24.4 Å². The molecule has 2 saturated heterocycles. The number of alkyl halides is 3. The summed E-state index contributed by atoms with van der Waals surface area (Å²) in [6, 6.07) is 18.2. The van der Waals surface area contributed by atoms with Crippen molar-refractivity contribution in [3.8, 4) is 0 Å². The van der Waals surface area contributed by atoms with Gasteiger partial charge in [-0.1, -0.05) is 60.7 Å². The molecule has 4 rings (SSSR count). The summed E-state index contributed by atoms with van der Waals surface area (Å²) < 4.78 is 44.2. The molecule has 2 aromatic carbocycles. The molecule has 3 unspecified atom stereocenters. The molecule has 1 N–H and O–H groups in total. The quantitative estimate of drug-likeness (QED) is 0.521. The summed E-state index contributed by atoms with van der Waals surface area (Å²) in [5.74, 6) is -2.40. The summed E-state index contributed by atoms with van der Waals surface area (Å²) in [5, 5.41) is 8.93. The van der Waals surface area contributed by atoms with Gasteiger partial charge in [-0.2, -0.15) is 13.2 Å². The molecule has 196 valence electrons. The molecule has 0 aliphatic carbocycles. The van der Waals surface area contributed by atoms with Crippen molar-refractivity contribution in [2.45, 2.75) is 75.2 Å². The molecule has 2 bridgehead atoms. The zero-order chi connectivity index (χ0) is 26.3. The standard InChI is InChI=1S/C18H22F3NO2.C10H12O2/c1-22-13-7-8-14(22)10-15(9-13)24-17(23)16(11-18(19,20)21)12-5-3-2-4-6-12;1-8(12)10(7-11)9-5-3-2-4-6-9/h2-6,13-16H,7-11H2,1H3;2-6,10-11H,7H2,1H3/t13-,14+,15?,16?;.